The Balaban J connectivity index is 2.56. The molecule has 1 aromatic carbocycles. The molecule has 0 aliphatic carbocycles. The minimum atomic E-state index is -0.828. The first-order valence-electron chi connectivity index (χ1n) is 4.66. The fourth-order valence-corrected chi connectivity index (χ4v) is 1.08. The SMILES string of the molecule is C=C(C)COc1ccc(CC(=O)O)cc1. The lowest BCUT2D eigenvalue weighted by Crippen LogP contribution is -2.00. The molecule has 0 radical (unpaired) electrons. The van der Waals surface area contributed by atoms with Crippen molar-refractivity contribution in [3.05, 3.63) is 42.0 Å². The third kappa shape index (κ3) is 4.31. The van der Waals surface area contributed by atoms with E-state index in [4.69, 9.17) is 9.84 Å². The quantitative estimate of drug-likeness (QED) is 0.752. The maximum Gasteiger partial charge on any atom is 0.307 e. The van der Waals surface area contributed by atoms with Gasteiger partial charge in [0.05, 0.1) is 6.42 Å². The Labute approximate surface area is 89.0 Å². The van der Waals surface area contributed by atoms with E-state index < -0.39 is 5.97 Å². The van der Waals surface area contributed by atoms with Crippen molar-refractivity contribution in [2.45, 2.75) is 13.3 Å². The summed E-state index contributed by atoms with van der Waals surface area (Å²) < 4.78 is 5.38. The molecule has 0 atom stereocenters. The normalized spacial score (nSPS) is 9.67. The van der Waals surface area contributed by atoms with E-state index in [9.17, 15) is 4.79 Å². The van der Waals surface area contributed by atoms with Crippen molar-refractivity contribution in [2.24, 2.45) is 0 Å². The average molecular weight is 206 g/mol. The van der Waals surface area contributed by atoms with E-state index in [2.05, 4.69) is 6.58 Å². The molecule has 0 saturated heterocycles. The first kappa shape index (κ1) is 11.3. The Kier molecular flexibility index (Phi) is 3.92. The summed E-state index contributed by atoms with van der Waals surface area (Å²) in [7, 11) is 0. The van der Waals surface area contributed by atoms with Crippen LogP contribution in [0.25, 0.3) is 0 Å². The van der Waals surface area contributed by atoms with Gasteiger partial charge in [0.2, 0.25) is 0 Å². The Morgan fingerprint density at radius 3 is 2.47 bits per heavy atom. The number of hydrogen-bond donors (Lipinski definition) is 1. The van der Waals surface area contributed by atoms with Crippen LogP contribution in [0.2, 0.25) is 0 Å². The van der Waals surface area contributed by atoms with Gasteiger partial charge in [-0.2, -0.15) is 0 Å². The van der Waals surface area contributed by atoms with Crippen LogP contribution < -0.4 is 4.74 Å². The highest BCUT2D eigenvalue weighted by Gasteiger charge is 2.00. The largest absolute Gasteiger partial charge is 0.489 e. The Morgan fingerprint density at radius 1 is 1.40 bits per heavy atom. The van der Waals surface area contributed by atoms with Crippen molar-refractivity contribution < 1.29 is 14.6 Å². The summed E-state index contributed by atoms with van der Waals surface area (Å²) in [5.74, 6) is -0.0993. The summed E-state index contributed by atoms with van der Waals surface area (Å²) in [5, 5.41) is 8.57. The van der Waals surface area contributed by atoms with Crippen LogP contribution in [0.3, 0.4) is 0 Å². The van der Waals surface area contributed by atoms with Crippen molar-refractivity contribution in [1.29, 1.82) is 0 Å². The molecule has 0 aliphatic rings. The van der Waals surface area contributed by atoms with Crippen LogP contribution in [0.15, 0.2) is 36.4 Å². The second-order valence-corrected chi connectivity index (χ2v) is 3.46. The first-order valence-corrected chi connectivity index (χ1v) is 4.66. The minimum absolute atomic E-state index is 0.0424. The summed E-state index contributed by atoms with van der Waals surface area (Å²) in [5.41, 5.74) is 1.72. The number of hydrogen-bond acceptors (Lipinski definition) is 2. The van der Waals surface area contributed by atoms with Crippen LogP contribution in [-0.2, 0) is 11.2 Å². The number of carboxylic acid groups (broad SMARTS) is 1. The van der Waals surface area contributed by atoms with Gasteiger partial charge in [0, 0.05) is 0 Å². The van der Waals surface area contributed by atoms with E-state index in [-0.39, 0.29) is 6.42 Å². The highest BCUT2D eigenvalue weighted by atomic mass is 16.5. The first-order chi connectivity index (χ1) is 7.08. The van der Waals surface area contributed by atoms with Crippen molar-refractivity contribution >= 4 is 5.97 Å². The smallest absolute Gasteiger partial charge is 0.307 e. The lowest BCUT2D eigenvalue weighted by atomic mass is 10.1. The van der Waals surface area contributed by atoms with Crippen LogP contribution >= 0.6 is 0 Å². The summed E-state index contributed by atoms with van der Waals surface area (Å²) in [6.07, 6.45) is 0.0424. The van der Waals surface area contributed by atoms with Gasteiger partial charge in [-0.3, -0.25) is 4.79 Å². The summed E-state index contributed by atoms with van der Waals surface area (Å²) >= 11 is 0. The fraction of sp³-hybridized carbons (Fsp3) is 0.250. The van der Waals surface area contributed by atoms with E-state index in [1.165, 1.54) is 0 Å². The molecule has 15 heavy (non-hydrogen) atoms. The Bertz CT molecular complexity index is 352. The molecular weight excluding hydrogens is 192 g/mol. The van der Waals surface area contributed by atoms with E-state index in [1.54, 1.807) is 24.3 Å². The molecule has 3 heteroatoms. The van der Waals surface area contributed by atoms with Gasteiger partial charge in [0.1, 0.15) is 12.4 Å². The van der Waals surface area contributed by atoms with Gasteiger partial charge < -0.3 is 9.84 Å². The minimum Gasteiger partial charge on any atom is -0.489 e. The molecule has 3 nitrogen and oxygen atoms in total. The zero-order chi connectivity index (χ0) is 11.3. The van der Waals surface area contributed by atoms with Crippen LogP contribution in [0.4, 0.5) is 0 Å². The molecule has 1 N–H and O–H groups in total. The molecule has 0 aromatic heterocycles. The number of benzene rings is 1. The Hall–Kier alpha value is -1.77. The van der Waals surface area contributed by atoms with Gasteiger partial charge in [-0.15, -0.1) is 0 Å². The molecule has 0 saturated carbocycles. The lowest BCUT2D eigenvalue weighted by Gasteiger charge is -2.05. The number of ether oxygens (including phenoxy) is 1. The predicted molar refractivity (Wildman–Crippen MR) is 58.1 cm³/mol. The number of aliphatic carboxylic acids is 1. The topological polar surface area (TPSA) is 46.5 Å². The van der Waals surface area contributed by atoms with Gasteiger partial charge in [-0.1, -0.05) is 18.7 Å². The highest BCUT2D eigenvalue weighted by Crippen LogP contribution is 2.13. The molecule has 1 aromatic rings. The van der Waals surface area contributed by atoms with Crippen molar-refractivity contribution in [3.8, 4) is 5.75 Å². The highest BCUT2D eigenvalue weighted by molar-refractivity contribution is 5.70. The van der Waals surface area contributed by atoms with Gasteiger partial charge in [0.15, 0.2) is 0 Å². The van der Waals surface area contributed by atoms with Crippen LogP contribution in [0, 0.1) is 0 Å². The van der Waals surface area contributed by atoms with Crippen molar-refractivity contribution in [1.82, 2.24) is 0 Å². The lowest BCUT2D eigenvalue weighted by molar-refractivity contribution is -0.136. The van der Waals surface area contributed by atoms with Gasteiger partial charge in [-0.05, 0) is 30.2 Å². The van der Waals surface area contributed by atoms with Crippen molar-refractivity contribution in [3.63, 3.8) is 0 Å². The summed E-state index contributed by atoms with van der Waals surface area (Å²) in [6, 6.07) is 7.03. The molecule has 0 bridgehead atoms. The monoisotopic (exact) mass is 206 g/mol. The molecule has 0 fully saturated rings. The van der Waals surface area contributed by atoms with Crippen molar-refractivity contribution in [2.75, 3.05) is 6.61 Å². The molecule has 80 valence electrons. The number of carboxylic acids is 1. The van der Waals surface area contributed by atoms with E-state index >= 15 is 0 Å². The van der Waals surface area contributed by atoms with Crippen LogP contribution in [-0.4, -0.2) is 17.7 Å². The third-order valence-electron chi connectivity index (χ3n) is 1.76. The molecule has 0 heterocycles. The van der Waals surface area contributed by atoms with Gasteiger partial charge in [-0.25, -0.2) is 0 Å². The van der Waals surface area contributed by atoms with Crippen LogP contribution in [0.1, 0.15) is 12.5 Å². The zero-order valence-corrected chi connectivity index (χ0v) is 8.69. The predicted octanol–water partition coefficient (Wildman–Crippen LogP) is 2.27. The maximum absolute atomic E-state index is 10.4. The Morgan fingerprint density at radius 2 is 2.00 bits per heavy atom. The van der Waals surface area contributed by atoms with Crippen LogP contribution in [0.5, 0.6) is 5.75 Å². The second kappa shape index (κ2) is 5.20. The number of carbonyl (C=O) groups is 1. The second-order valence-electron chi connectivity index (χ2n) is 3.46. The van der Waals surface area contributed by atoms with E-state index in [1.807, 2.05) is 6.92 Å². The molecule has 1 rings (SSSR count). The summed E-state index contributed by atoms with van der Waals surface area (Å²) in [4.78, 5) is 10.4. The molecule has 0 amide bonds. The zero-order valence-electron chi connectivity index (χ0n) is 8.69. The molecule has 0 spiro atoms. The van der Waals surface area contributed by atoms with Gasteiger partial charge >= 0.3 is 5.97 Å². The van der Waals surface area contributed by atoms with E-state index in [0.717, 1.165) is 16.9 Å². The average Bonchev–Trinajstić information content (AvgIpc) is 2.16. The molecular formula is C12H14O3. The standard InChI is InChI=1S/C12H14O3/c1-9(2)8-15-11-5-3-10(4-6-11)7-12(13)14/h3-6H,1,7-8H2,2H3,(H,13,14). The molecule has 0 aliphatic heterocycles. The number of rotatable bonds is 5. The third-order valence-corrected chi connectivity index (χ3v) is 1.76. The van der Waals surface area contributed by atoms with E-state index in [0.29, 0.717) is 6.61 Å². The maximum atomic E-state index is 10.4. The van der Waals surface area contributed by atoms with Gasteiger partial charge in [0.25, 0.3) is 0 Å². The fourth-order valence-electron chi connectivity index (χ4n) is 1.08. The summed E-state index contributed by atoms with van der Waals surface area (Å²) in [6.45, 7) is 6.10. The molecule has 0 unspecified atom stereocenters.